The topological polar surface area (TPSA) is 61.4 Å². The summed E-state index contributed by atoms with van der Waals surface area (Å²) in [6.07, 6.45) is 0.906. The summed E-state index contributed by atoms with van der Waals surface area (Å²) in [6.45, 7) is 2.92. The fraction of sp³-hybridized carbons (Fsp3) is 0.333. The van der Waals surface area contributed by atoms with E-state index < -0.39 is 0 Å². The molecule has 0 spiro atoms. The maximum absolute atomic E-state index is 13.7. The van der Waals surface area contributed by atoms with Gasteiger partial charge in [-0.15, -0.1) is 0 Å². The van der Waals surface area contributed by atoms with Gasteiger partial charge in [0.2, 0.25) is 5.91 Å². The number of carbonyl (C=O) groups excluding carboxylic acids is 2. The lowest BCUT2D eigenvalue weighted by molar-refractivity contribution is -0.121. The number of hydrogen-bond acceptors (Lipinski definition) is 3. The summed E-state index contributed by atoms with van der Waals surface area (Å²) < 4.78 is 13.7. The van der Waals surface area contributed by atoms with E-state index in [9.17, 15) is 14.0 Å². The number of hydrogen-bond donors (Lipinski definition) is 2. The minimum Gasteiger partial charge on any atom is -0.372 e. The summed E-state index contributed by atoms with van der Waals surface area (Å²) in [4.78, 5) is 25.9. The molecule has 1 atom stereocenters. The molecule has 0 aliphatic carbocycles. The predicted molar refractivity (Wildman–Crippen MR) is 105 cm³/mol. The molecule has 1 unspecified atom stereocenters. The second-order valence-corrected chi connectivity index (χ2v) is 6.52. The third-order valence-corrected chi connectivity index (χ3v) is 4.16. The van der Waals surface area contributed by atoms with Crippen LogP contribution < -0.4 is 15.5 Å². The first-order valence-corrected chi connectivity index (χ1v) is 9.05. The van der Waals surface area contributed by atoms with Gasteiger partial charge in [-0.3, -0.25) is 9.59 Å². The Kier molecular flexibility index (Phi) is 7.79. The number of carbonyl (C=O) groups is 2. The average Bonchev–Trinajstić information content (AvgIpc) is 2.66. The van der Waals surface area contributed by atoms with E-state index in [-0.39, 0.29) is 30.1 Å². The van der Waals surface area contributed by atoms with Gasteiger partial charge in [0.15, 0.2) is 0 Å². The molecule has 0 bridgehead atoms. The molecule has 6 heteroatoms. The maximum Gasteiger partial charge on any atom is 0.251 e. The number of rotatable bonds is 9. The van der Waals surface area contributed by atoms with Gasteiger partial charge in [-0.25, -0.2) is 4.39 Å². The first kappa shape index (κ1) is 20.4. The van der Waals surface area contributed by atoms with E-state index in [1.54, 1.807) is 49.4 Å². The molecule has 0 radical (unpaired) electrons. The van der Waals surface area contributed by atoms with E-state index >= 15 is 0 Å². The Morgan fingerprint density at radius 1 is 1.07 bits per heavy atom. The van der Waals surface area contributed by atoms with Crippen molar-refractivity contribution < 1.29 is 14.0 Å². The molecule has 144 valence electrons. The summed E-state index contributed by atoms with van der Waals surface area (Å²) in [5.41, 5.74) is 1.11. The number of benzene rings is 2. The molecule has 2 rings (SSSR count). The zero-order valence-electron chi connectivity index (χ0n) is 15.7. The maximum atomic E-state index is 13.7. The van der Waals surface area contributed by atoms with Crippen molar-refractivity contribution in [3.05, 3.63) is 66.0 Å². The smallest absolute Gasteiger partial charge is 0.251 e. The van der Waals surface area contributed by atoms with Crippen LogP contribution in [0.4, 0.5) is 10.1 Å². The second-order valence-electron chi connectivity index (χ2n) is 6.52. The van der Waals surface area contributed by atoms with Gasteiger partial charge in [0.25, 0.3) is 5.91 Å². The van der Waals surface area contributed by atoms with Crippen LogP contribution >= 0.6 is 0 Å². The number of nitrogens with zero attached hydrogens (tertiary/aromatic N) is 1. The van der Waals surface area contributed by atoms with Crippen LogP contribution in [0.2, 0.25) is 0 Å². The highest BCUT2D eigenvalue weighted by Gasteiger charge is 2.13. The van der Waals surface area contributed by atoms with Crippen molar-refractivity contribution in [2.45, 2.75) is 25.8 Å². The Morgan fingerprint density at radius 3 is 2.44 bits per heavy atom. The molecule has 0 heterocycles. The molecule has 0 saturated carbocycles. The molecular formula is C21H26FN3O2. The minimum absolute atomic E-state index is 0.121. The van der Waals surface area contributed by atoms with Crippen LogP contribution in [0.3, 0.4) is 0 Å². The fourth-order valence-electron chi connectivity index (χ4n) is 2.72. The molecule has 0 aliphatic heterocycles. The molecule has 2 aromatic carbocycles. The van der Waals surface area contributed by atoms with Crippen LogP contribution in [0, 0.1) is 5.82 Å². The molecule has 2 amide bonds. The molecule has 5 nitrogen and oxygen atoms in total. The van der Waals surface area contributed by atoms with Crippen LogP contribution in [-0.4, -0.2) is 38.0 Å². The summed E-state index contributed by atoms with van der Waals surface area (Å²) in [5.74, 6) is -0.571. The minimum atomic E-state index is -0.265. The third kappa shape index (κ3) is 6.73. The Labute approximate surface area is 159 Å². The van der Waals surface area contributed by atoms with Crippen molar-refractivity contribution in [2.24, 2.45) is 0 Å². The van der Waals surface area contributed by atoms with Gasteiger partial charge in [0, 0.05) is 38.2 Å². The number of para-hydroxylation sites is 1. The van der Waals surface area contributed by atoms with E-state index in [1.165, 1.54) is 6.07 Å². The van der Waals surface area contributed by atoms with Crippen LogP contribution in [0.5, 0.6) is 0 Å². The van der Waals surface area contributed by atoms with Gasteiger partial charge in [-0.05, 0) is 37.6 Å². The first-order chi connectivity index (χ1) is 13.0. The van der Waals surface area contributed by atoms with Gasteiger partial charge in [0.05, 0.1) is 5.69 Å². The quantitative estimate of drug-likeness (QED) is 0.666. The highest BCUT2D eigenvalue weighted by atomic mass is 19.1. The number of anilines is 1. The van der Waals surface area contributed by atoms with E-state index in [4.69, 9.17) is 0 Å². The Hall–Kier alpha value is -2.89. The molecule has 2 N–H and O–H groups in total. The van der Waals surface area contributed by atoms with E-state index in [1.807, 2.05) is 18.0 Å². The van der Waals surface area contributed by atoms with Gasteiger partial charge in [-0.1, -0.05) is 30.3 Å². The number of halogens is 1. The van der Waals surface area contributed by atoms with Crippen molar-refractivity contribution in [3.8, 4) is 0 Å². The van der Waals surface area contributed by atoms with Gasteiger partial charge >= 0.3 is 0 Å². The zero-order chi connectivity index (χ0) is 19.6. The summed E-state index contributed by atoms with van der Waals surface area (Å²) in [7, 11) is 1.82. The molecule has 0 saturated heterocycles. The zero-order valence-corrected chi connectivity index (χ0v) is 15.7. The first-order valence-electron chi connectivity index (χ1n) is 9.05. The third-order valence-electron chi connectivity index (χ3n) is 4.16. The monoisotopic (exact) mass is 371 g/mol. The molecular weight excluding hydrogens is 345 g/mol. The summed E-state index contributed by atoms with van der Waals surface area (Å²) >= 11 is 0. The Morgan fingerprint density at radius 2 is 1.74 bits per heavy atom. The van der Waals surface area contributed by atoms with Crippen molar-refractivity contribution in [3.63, 3.8) is 0 Å². The van der Waals surface area contributed by atoms with Crippen LogP contribution in [0.25, 0.3) is 0 Å². The number of amides is 2. The Balaban J connectivity index is 1.65. The van der Waals surface area contributed by atoms with Crippen molar-refractivity contribution in [1.82, 2.24) is 10.6 Å². The van der Waals surface area contributed by atoms with E-state index in [0.717, 1.165) is 0 Å². The summed E-state index contributed by atoms with van der Waals surface area (Å²) in [5, 5.41) is 5.65. The summed E-state index contributed by atoms with van der Waals surface area (Å²) in [6, 6.07) is 15.2. The largest absolute Gasteiger partial charge is 0.372 e. The highest BCUT2D eigenvalue weighted by Crippen LogP contribution is 2.16. The van der Waals surface area contributed by atoms with Gasteiger partial charge in [0.1, 0.15) is 5.82 Å². The van der Waals surface area contributed by atoms with Crippen molar-refractivity contribution in [2.75, 3.05) is 25.0 Å². The molecule has 0 aromatic heterocycles. The Bertz CT molecular complexity index is 752. The standard InChI is InChI=1S/C21H26FN3O2/c1-16(24-21(27)17-9-4-3-5-10-17)15-20(26)23-13-8-14-25(2)19-12-7-6-11-18(19)22/h3-7,9-12,16H,8,13-15H2,1-2H3,(H,23,26)(H,24,27). The van der Waals surface area contributed by atoms with Gasteiger partial charge in [-0.2, -0.15) is 0 Å². The fourth-order valence-corrected chi connectivity index (χ4v) is 2.72. The van der Waals surface area contributed by atoms with E-state index in [2.05, 4.69) is 10.6 Å². The lowest BCUT2D eigenvalue weighted by atomic mass is 10.1. The van der Waals surface area contributed by atoms with Crippen LogP contribution in [0.1, 0.15) is 30.1 Å². The van der Waals surface area contributed by atoms with Crippen LogP contribution in [-0.2, 0) is 4.79 Å². The van der Waals surface area contributed by atoms with Gasteiger partial charge < -0.3 is 15.5 Å². The van der Waals surface area contributed by atoms with E-state index in [0.29, 0.717) is 30.8 Å². The second kappa shape index (κ2) is 10.3. The number of nitrogens with one attached hydrogen (secondary N) is 2. The molecule has 27 heavy (non-hydrogen) atoms. The highest BCUT2D eigenvalue weighted by molar-refractivity contribution is 5.94. The molecule has 0 aliphatic rings. The van der Waals surface area contributed by atoms with Crippen LogP contribution in [0.15, 0.2) is 54.6 Å². The molecule has 0 fully saturated rings. The van der Waals surface area contributed by atoms with Crippen molar-refractivity contribution >= 4 is 17.5 Å². The normalized spacial score (nSPS) is 11.5. The lowest BCUT2D eigenvalue weighted by Gasteiger charge is -2.20. The SMILES string of the molecule is CC(CC(=O)NCCCN(C)c1ccccc1F)NC(=O)c1ccccc1. The van der Waals surface area contributed by atoms with Crippen molar-refractivity contribution in [1.29, 1.82) is 0 Å². The molecule has 2 aromatic rings. The predicted octanol–water partition coefficient (Wildman–Crippen LogP) is 2.98. The lowest BCUT2D eigenvalue weighted by Crippen LogP contribution is -2.37. The average molecular weight is 371 g/mol.